The Morgan fingerprint density at radius 2 is 1.94 bits per heavy atom. The molecule has 0 radical (unpaired) electrons. The first-order chi connectivity index (χ1) is 8.06. The molecule has 1 aromatic heterocycles. The van der Waals surface area contributed by atoms with E-state index in [1.807, 2.05) is 18.5 Å². The van der Waals surface area contributed by atoms with Crippen LogP contribution in [0.15, 0.2) is 0 Å². The molecule has 0 aliphatic rings. The van der Waals surface area contributed by atoms with E-state index in [1.165, 1.54) is 7.11 Å². The maximum Gasteiger partial charge on any atom is 0.360 e. The molecule has 0 aliphatic heterocycles. The number of aromatic nitrogens is 3. The van der Waals surface area contributed by atoms with E-state index >= 15 is 0 Å². The summed E-state index contributed by atoms with van der Waals surface area (Å²) in [5.41, 5.74) is 1.21. The van der Waals surface area contributed by atoms with Gasteiger partial charge in [-0.2, -0.15) is 0 Å². The molecule has 0 aromatic carbocycles. The van der Waals surface area contributed by atoms with Crippen molar-refractivity contribution in [3.8, 4) is 0 Å². The molecule has 0 N–H and O–H groups in total. The lowest BCUT2D eigenvalue weighted by atomic mass is 10.1. The zero-order valence-corrected chi connectivity index (χ0v) is 11.2. The van der Waals surface area contributed by atoms with Crippen LogP contribution in [0.5, 0.6) is 0 Å². The molecule has 0 amide bonds. The molecule has 0 fully saturated rings. The standard InChI is InChI=1S/C12H21N3O2/c1-6-9(7-2)15-11(8(3)4)10(13-14-15)12(16)17-5/h8-9H,6-7H2,1-5H3. The molecule has 0 bridgehead atoms. The summed E-state index contributed by atoms with van der Waals surface area (Å²) >= 11 is 0. The van der Waals surface area contributed by atoms with Crippen molar-refractivity contribution >= 4 is 5.97 Å². The van der Waals surface area contributed by atoms with Crippen LogP contribution in [-0.2, 0) is 4.74 Å². The molecule has 5 heteroatoms. The lowest BCUT2D eigenvalue weighted by Crippen LogP contribution is -2.15. The summed E-state index contributed by atoms with van der Waals surface area (Å²) in [6, 6.07) is 0.290. The third-order valence-electron chi connectivity index (χ3n) is 2.94. The second kappa shape index (κ2) is 5.80. The number of rotatable bonds is 5. The third-order valence-corrected chi connectivity index (χ3v) is 2.94. The topological polar surface area (TPSA) is 57.0 Å². The van der Waals surface area contributed by atoms with Crippen molar-refractivity contribution in [2.24, 2.45) is 0 Å². The number of hydrogen-bond donors (Lipinski definition) is 0. The maximum absolute atomic E-state index is 11.6. The Morgan fingerprint density at radius 3 is 2.35 bits per heavy atom. The molecule has 0 aliphatic carbocycles. The van der Waals surface area contributed by atoms with Crippen LogP contribution < -0.4 is 0 Å². The molecule has 0 saturated heterocycles. The van der Waals surface area contributed by atoms with E-state index in [1.54, 1.807) is 0 Å². The van der Waals surface area contributed by atoms with Crippen LogP contribution >= 0.6 is 0 Å². The van der Waals surface area contributed by atoms with Gasteiger partial charge in [0.25, 0.3) is 0 Å². The monoisotopic (exact) mass is 239 g/mol. The van der Waals surface area contributed by atoms with Gasteiger partial charge in [0.15, 0.2) is 5.69 Å². The molecule has 0 saturated carbocycles. The number of esters is 1. The minimum atomic E-state index is -0.411. The quantitative estimate of drug-likeness (QED) is 0.741. The molecule has 5 nitrogen and oxygen atoms in total. The van der Waals surface area contributed by atoms with Gasteiger partial charge in [-0.05, 0) is 18.8 Å². The average molecular weight is 239 g/mol. The van der Waals surface area contributed by atoms with Crippen LogP contribution in [0.3, 0.4) is 0 Å². The van der Waals surface area contributed by atoms with Crippen molar-refractivity contribution in [3.05, 3.63) is 11.4 Å². The van der Waals surface area contributed by atoms with Crippen molar-refractivity contribution < 1.29 is 9.53 Å². The van der Waals surface area contributed by atoms with Gasteiger partial charge in [-0.25, -0.2) is 9.48 Å². The Labute approximate surface area is 102 Å². The van der Waals surface area contributed by atoms with Crippen molar-refractivity contribution in [1.82, 2.24) is 15.0 Å². The molecular weight excluding hydrogens is 218 g/mol. The summed E-state index contributed by atoms with van der Waals surface area (Å²) in [4.78, 5) is 11.6. The fourth-order valence-electron chi connectivity index (χ4n) is 1.99. The van der Waals surface area contributed by atoms with Gasteiger partial charge in [0, 0.05) is 0 Å². The highest BCUT2D eigenvalue weighted by atomic mass is 16.5. The van der Waals surface area contributed by atoms with Gasteiger partial charge in [-0.3, -0.25) is 0 Å². The summed E-state index contributed by atoms with van der Waals surface area (Å²) in [5, 5.41) is 8.08. The first kappa shape index (κ1) is 13.7. The number of ether oxygens (including phenoxy) is 1. The number of methoxy groups -OCH3 is 1. The van der Waals surface area contributed by atoms with E-state index < -0.39 is 5.97 Å². The van der Waals surface area contributed by atoms with Crippen molar-refractivity contribution in [1.29, 1.82) is 0 Å². The minimum Gasteiger partial charge on any atom is -0.464 e. The molecule has 96 valence electrons. The van der Waals surface area contributed by atoms with Crippen LogP contribution in [0.25, 0.3) is 0 Å². The minimum absolute atomic E-state index is 0.194. The first-order valence-corrected chi connectivity index (χ1v) is 6.10. The molecule has 0 unspecified atom stereocenters. The number of carbonyl (C=O) groups is 1. The molecule has 1 heterocycles. The Balaban J connectivity index is 3.23. The smallest absolute Gasteiger partial charge is 0.360 e. The number of nitrogens with zero attached hydrogens (tertiary/aromatic N) is 3. The largest absolute Gasteiger partial charge is 0.464 e. The van der Waals surface area contributed by atoms with E-state index in [4.69, 9.17) is 4.74 Å². The highest BCUT2D eigenvalue weighted by Gasteiger charge is 2.25. The average Bonchev–Trinajstić information content (AvgIpc) is 2.74. The highest BCUT2D eigenvalue weighted by molar-refractivity contribution is 5.88. The zero-order valence-electron chi connectivity index (χ0n) is 11.2. The van der Waals surface area contributed by atoms with E-state index in [0.29, 0.717) is 11.7 Å². The van der Waals surface area contributed by atoms with Crippen LogP contribution in [-0.4, -0.2) is 28.1 Å². The second-order valence-corrected chi connectivity index (χ2v) is 4.38. The normalized spacial score (nSPS) is 11.2. The lowest BCUT2D eigenvalue weighted by Gasteiger charge is -2.17. The summed E-state index contributed by atoms with van der Waals surface area (Å²) in [6.07, 6.45) is 1.94. The first-order valence-electron chi connectivity index (χ1n) is 6.10. The van der Waals surface area contributed by atoms with Crippen LogP contribution in [0, 0.1) is 0 Å². The highest BCUT2D eigenvalue weighted by Crippen LogP contribution is 2.24. The Bertz CT molecular complexity index is 381. The Morgan fingerprint density at radius 1 is 1.35 bits per heavy atom. The van der Waals surface area contributed by atoms with Crippen LogP contribution in [0.1, 0.15) is 68.7 Å². The molecule has 17 heavy (non-hydrogen) atoms. The summed E-state index contributed by atoms with van der Waals surface area (Å²) < 4.78 is 6.60. The summed E-state index contributed by atoms with van der Waals surface area (Å²) in [5.74, 6) is -0.217. The summed E-state index contributed by atoms with van der Waals surface area (Å²) in [7, 11) is 1.36. The van der Waals surface area contributed by atoms with Gasteiger partial charge in [-0.1, -0.05) is 32.9 Å². The van der Waals surface area contributed by atoms with Gasteiger partial charge in [0.2, 0.25) is 0 Å². The second-order valence-electron chi connectivity index (χ2n) is 4.38. The third kappa shape index (κ3) is 2.65. The van der Waals surface area contributed by atoms with E-state index in [0.717, 1.165) is 18.5 Å². The molecule has 0 atom stereocenters. The summed E-state index contributed by atoms with van der Waals surface area (Å²) in [6.45, 7) is 8.28. The molecule has 0 spiro atoms. The number of carbonyl (C=O) groups excluding carboxylic acids is 1. The molecular formula is C12H21N3O2. The lowest BCUT2D eigenvalue weighted by molar-refractivity contribution is 0.0592. The van der Waals surface area contributed by atoms with Crippen LogP contribution in [0.4, 0.5) is 0 Å². The molecule has 1 aromatic rings. The van der Waals surface area contributed by atoms with Crippen LogP contribution in [0.2, 0.25) is 0 Å². The van der Waals surface area contributed by atoms with Gasteiger partial charge in [0.1, 0.15) is 0 Å². The maximum atomic E-state index is 11.6. The predicted molar refractivity (Wildman–Crippen MR) is 65.1 cm³/mol. The van der Waals surface area contributed by atoms with Gasteiger partial charge in [0.05, 0.1) is 18.8 Å². The van der Waals surface area contributed by atoms with Gasteiger partial charge in [-0.15, -0.1) is 5.10 Å². The van der Waals surface area contributed by atoms with E-state index in [9.17, 15) is 4.79 Å². The van der Waals surface area contributed by atoms with Crippen molar-refractivity contribution in [2.75, 3.05) is 7.11 Å². The van der Waals surface area contributed by atoms with Crippen molar-refractivity contribution in [2.45, 2.75) is 52.5 Å². The predicted octanol–water partition coefficient (Wildman–Crippen LogP) is 2.55. The Kier molecular flexibility index (Phi) is 4.66. The fourth-order valence-corrected chi connectivity index (χ4v) is 1.99. The zero-order chi connectivity index (χ0) is 13.0. The molecule has 1 rings (SSSR count). The van der Waals surface area contributed by atoms with E-state index in [2.05, 4.69) is 24.2 Å². The van der Waals surface area contributed by atoms with E-state index in [-0.39, 0.29) is 5.92 Å². The SMILES string of the molecule is CCC(CC)n1nnc(C(=O)OC)c1C(C)C. The Hall–Kier alpha value is -1.39. The van der Waals surface area contributed by atoms with Gasteiger partial charge < -0.3 is 4.74 Å². The van der Waals surface area contributed by atoms with Gasteiger partial charge >= 0.3 is 5.97 Å². The fraction of sp³-hybridized carbons (Fsp3) is 0.750. The number of hydrogen-bond acceptors (Lipinski definition) is 4. The van der Waals surface area contributed by atoms with Crippen molar-refractivity contribution in [3.63, 3.8) is 0 Å².